The number of hydrogen-bond donors (Lipinski definition) is 0. The van der Waals surface area contributed by atoms with Crippen LogP contribution in [0.1, 0.15) is 41.5 Å². The zero-order chi connectivity index (χ0) is 13.4. The summed E-state index contributed by atoms with van der Waals surface area (Å²) in [6.07, 6.45) is 7.46. The number of terminal acetylenes is 1. The lowest BCUT2D eigenvalue weighted by atomic mass is 9.74. The molecule has 1 rings (SSSR count). The van der Waals surface area contributed by atoms with Crippen molar-refractivity contribution in [3.8, 4) is 12.3 Å². The zero-order valence-electron chi connectivity index (χ0n) is 11.6. The van der Waals surface area contributed by atoms with E-state index >= 15 is 0 Å². The summed E-state index contributed by atoms with van der Waals surface area (Å²) in [5.41, 5.74) is 1.56. The predicted molar refractivity (Wildman–Crippen MR) is 71.8 cm³/mol. The molecular weight excluding hydrogens is 210 g/mol. The van der Waals surface area contributed by atoms with Gasteiger partial charge in [-0.3, -0.25) is 4.79 Å². The van der Waals surface area contributed by atoms with Crippen molar-refractivity contribution in [2.45, 2.75) is 41.5 Å². The van der Waals surface area contributed by atoms with Crippen molar-refractivity contribution >= 4 is 11.6 Å². The largest absolute Gasteiger partial charge is 0.271 e. The lowest BCUT2D eigenvalue weighted by Gasteiger charge is -2.31. The topological polar surface area (TPSA) is 29.4 Å². The molecule has 0 aromatic heterocycles. The highest BCUT2D eigenvalue weighted by molar-refractivity contribution is 6.10. The number of allylic oxidation sites excluding steroid dienone is 1. The van der Waals surface area contributed by atoms with E-state index in [9.17, 15) is 4.79 Å². The first-order valence-corrected chi connectivity index (χ1v) is 5.88. The van der Waals surface area contributed by atoms with E-state index in [0.29, 0.717) is 0 Å². The minimum atomic E-state index is -0.499. The minimum absolute atomic E-state index is 0.112. The van der Waals surface area contributed by atoms with Gasteiger partial charge in [0.1, 0.15) is 5.92 Å². The van der Waals surface area contributed by atoms with Crippen LogP contribution in [0, 0.1) is 29.1 Å². The lowest BCUT2D eigenvalue weighted by molar-refractivity contribution is -0.119. The summed E-state index contributed by atoms with van der Waals surface area (Å²) in [5, 5.41) is 0. The van der Waals surface area contributed by atoms with Gasteiger partial charge in [-0.15, -0.1) is 6.42 Å². The molecule has 1 atom stereocenters. The molecule has 17 heavy (non-hydrogen) atoms. The lowest BCUT2D eigenvalue weighted by Crippen LogP contribution is -2.32. The molecule has 0 spiro atoms. The highest BCUT2D eigenvalue weighted by Crippen LogP contribution is 2.36. The van der Waals surface area contributed by atoms with Crippen LogP contribution in [0.2, 0.25) is 0 Å². The van der Waals surface area contributed by atoms with Crippen molar-refractivity contribution < 1.29 is 4.79 Å². The van der Waals surface area contributed by atoms with Gasteiger partial charge in [-0.2, -0.15) is 0 Å². The third-order valence-corrected chi connectivity index (χ3v) is 2.88. The Balaban J connectivity index is 3.33. The molecule has 0 saturated carbocycles. The van der Waals surface area contributed by atoms with Crippen LogP contribution in [0.3, 0.4) is 0 Å². The third-order valence-electron chi connectivity index (χ3n) is 2.88. The van der Waals surface area contributed by atoms with Crippen LogP contribution in [-0.4, -0.2) is 11.6 Å². The smallest absolute Gasteiger partial charge is 0.265 e. The van der Waals surface area contributed by atoms with Gasteiger partial charge in [0.15, 0.2) is 0 Å². The van der Waals surface area contributed by atoms with Gasteiger partial charge in [-0.25, -0.2) is 4.99 Å². The summed E-state index contributed by atoms with van der Waals surface area (Å²) in [6.45, 7) is 12.4. The van der Waals surface area contributed by atoms with E-state index in [2.05, 4.69) is 31.7 Å². The van der Waals surface area contributed by atoms with E-state index in [0.717, 1.165) is 11.3 Å². The Morgan fingerprint density at radius 1 is 1.18 bits per heavy atom. The van der Waals surface area contributed by atoms with Gasteiger partial charge in [0, 0.05) is 11.1 Å². The highest BCUT2D eigenvalue weighted by atomic mass is 16.1. The highest BCUT2D eigenvalue weighted by Gasteiger charge is 2.34. The maximum Gasteiger partial charge on any atom is 0.265 e. The molecular formula is C15H21NO. The molecule has 0 aromatic rings. The molecule has 0 aliphatic carbocycles. The van der Waals surface area contributed by atoms with E-state index in [1.165, 1.54) is 0 Å². The fraction of sp³-hybridized carbons (Fsp3) is 0.600. The van der Waals surface area contributed by atoms with Gasteiger partial charge >= 0.3 is 0 Å². The average Bonchev–Trinajstić information content (AvgIpc) is 2.13. The quantitative estimate of drug-likeness (QED) is 0.588. The molecule has 1 aliphatic rings. The Morgan fingerprint density at radius 2 is 1.71 bits per heavy atom. The summed E-state index contributed by atoms with van der Waals surface area (Å²) in [7, 11) is 0. The van der Waals surface area contributed by atoms with Crippen LogP contribution in [0.15, 0.2) is 16.6 Å². The van der Waals surface area contributed by atoms with E-state index in [1.807, 2.05) is 26.8 Å². The van der Waals surface area contributed by atoms with Crippen LogP contribution in [0.5, 0.6) is 0 Å². The number of dihydropyridines is 1. The SMILES string of the molecule is C#CC1C(=O)N=C(C(C)(C)C)C=C1C(C)(C)C. The summed E-state index contributed by atoms with van der Waals surface area (Å²) in [4.78, 5) is 16.1. The number of amides is 1. The molecule has 0 fully saturated rings. The van der Waals surface area contributed by atoms with Gasteiger partial charge in [-0.05, 0) is 17.1 Å². The van der Waals surface area contributed by atoms with Crippen molar-refractivity contribution in [3.05, 3.63) is 11.6 Å². The molecule has 0 N–H and O–H groups in total. The standard InChI is InChI=1S/C15H21NO/c1-8-10-11(14(2,3)4)9-12(15(5,6)7)16-13(10)17/h1,9-10H,2-7H3. The first-order valence-electron chi connectivity index (χ1n) is 5.88. The van der Waals surface area contributed by atoms with Gasteiger partial charge in [0.05, 0.1) is 0 Å². The zero-order valence-corrected chi connectivity index (χ0v) is 11.6. The Kier molecular flexibility index (Phi) is 3.34. The number of carbonyl (C=O) groups is 1. The Hall–Kier alpha value is -1.36. The first kappa shape index (κ1) is 13.7. The van der Waals surface area contributed by atoms with E-state index in [1.54, 1.807) is 0 Å². The first-order chi connectivity index (χ1) is 7.57. The molecule has 0 radical (unpaired) electrons. The van der Waals surface area contributed by atoms with Crippen LogP contribution >= 0.6 is 0 Å². The van der Waals surface area contributed by atoms with Crippen LogP contribution < -0.4 is 0 Å². The average molecular weight is 231 g/mol. The Labute approximate surface area is 104 Å². The minimum Gasteiger partial charge on any atom is -0.271 e. The summed E-state index contributed by atoms with van der Waals surface area (Å²) in [6, 6.07) is 0. The van der Waals surface area contributed by atoms with Crippen molar-refractivity contribution in [3.63, 3.8) is 0 Å². The van der Waals surface area contributed by atoms with Crippen molar-refractivity contribution in [1.82, 2.24) is 0 Å². The summed E-state index contributed by atoms with van der Waals surface area (Å²) >= 11 is 0. The summed E-state index contributed by atoms with van der Waals surface area (Å²) < 4.78 is 0. The molecule has 1 unspecified atom stereocenters. The van der Waals surface area contributed by atoms with Gasteiger partial charge in [-0.1, -0.05) is 47.5 Å². The van der Waals surface area contributed by atoms with Gasteiger partial charge in [0.25, 0.3) is 5.91 Å². The number of carbonyl (C=O) groups excluding carboxylic acids is 1. The number of hydrogen-bond acceptors (Lipinski definition) is 1. The maximum atomic E-state index is 12.0. The molecule has 0 bridgehead atoms. The van der Waals surface area contributed by atoms with E-state index in [4.69, 9.17) is 6.42 Å². The fourth-order valence-corrected chi connectivity index (χ4v) is 1.77. The predicted octanol–water partition coefficient (Wildman–Crippen LogP) is 3.24. The molecule has 92 valence electrons. The fourth-order valence-electron chi connectivity index (χ4n) is 1.77. The van der Waals surface area contributed by atoms with E-state index in [-0.39, 0.29) is 16.7 Å². The Bertz CT molecular complexity index is 433. The molecule has 1 aliphatic heterocycles. The second-order valence-corrected chi connectivity index (χ2v) is 6.53. The second-order valence-electron chi connectivity index (χ2n) is 6.53. The Morgan fingerprint density at radius 3 is 2.06 bits per heavy atom. The molecule has 2 heteroatoms. The van der Waals surface area contributed by atoms with Crippen LogP contribution in [0.25, 0.3) is 0 Å². The third kappa shape index (κ3) is 2.85. The monoisotopic (exact) mass is 231 g/mol. The van der Waals surface area contributed by atoms with Crippen molar-refractivity contribution in [2.75, 3.05) is 0 Å². The van der Waals surface area contributed by atoms with Crippen LogP contribution in [-0.2, 0) is 4.79 Å². The molecule has 1 heterocycles. The van der Waals surface area contributed by atoms with E-state index < -0.39 is 5.92 Å². The number of nitrogens with zero attached hydrogens (tertiary/aromatic N) is 1. The van der Waals surface area contributed by atoms with Crippen LogP contribution in [0.4, 0.5) is 0 Å². The normalized spacial score (nSPS) is 21.7. The van der Waals surface area contributed by atoms with Crippen molar-refractivity contribution in [2.24, 2.45) is 21.7 Å². The molecule has 0 aromatic carbocycles. The van der Waals surface area contributed by atoms with Gasteiger partial charge < -0.3 is 0 Å². The van der Waals surface area contributed by atoms with Gasteiger partial charge in [0.2, 0.25) is 0 Å². The second kappa shape index (κ2) is 4.14. The molecule has 1 amide bonds. The van der Waals surface area contributed by atoms with Crippen molar-refractivity contribution in [1.29, 1.82) is 0 Å². The number of rotatable bonds is 0. The molecule has 2 nitrogen and oxygen atoms in total. The number of aliphatic imine (C=N–C) groups is 1. The maximum absolute atomic E-state index is 12.0. The molecule has 0 saturated heterocycles. The summed E-state index contributed by atoms with van der Waals surface area (Å²) in [5.74, 6) is 1.85.